The average Bonchev–Trinajstić information content (AvgIpc) is 2.82. The summed E-state index contributed by atoms with van der Waals surface area (Å²) in [6.45, 7) is 0.997. The summed E-state index contributed by atoms with van der Waals surface area (Å²) in [5.74, 6) is -0.633. The molecule has 1 heterocycles. The van der Waals surface area contributed by atoms with Gasteiger partial charge in [-0.2, -0.15) is 5.10 Å². The molecule has 0 aliphatic heterocycles. The van der Waals surface area contributed by atoms with Crippen LogP contribution >= 0.6 is 0 Å². The van der Waals surface area contributed by atoms with Gasteiger partial charge >= 0.3 is 0 Å². The first kappa shape index (κ1) is 22.6. The molecule has 0 bridgehead atoms. The Morgan fingerprint density at radius 3 is 2.47 bits per heavy atom. The monoisotopic (exact) mass is 453 g/mol. The van der Waals surface area contributed by atoms with E-state index in [0.717, 1.165) is 4.31 Å². The SMILES string of the molecule is C/C(=N/NC(=O)CN(c1ccccn1)S(=O)(=O)c1ccccc1)c1cccc([N+](=O)[O-])c1. The Kier molecular flexibility index (Phi) is 6.90. The molecule has 11 heteroatoms. The van der Waals surface area contributed by atoms with Crippen LogP contribution in [0.25, 0.3) is 0 Å². The number of aromatic nitrogens is 1. The van der Waals surface area contributed by atoms with Crippen LogP contribution in [0.1, 0.15) is 12.5 Å². The highest BCUT2D eigenvalue weighted by Crippen LogP contribution is 2.21. The van der Waals surface area contributed by atoms with Gasteiger partial charge in [0, 0.05) is 23.9 Å². The number of pyridine rings is 1. The van der Waals surface area contributed by atoms with Crippen molar-refractivity contribution in [3.8, 4) is 0 Å². The van der Waals surface area contributed by atoms with Gasteiger partial charge in [0.1, 0.15) is 12.4 Å². The van der Waals surface area contributed by atoms with E-state index < -0.39 is 27.4 Å². The molecule has 2 aromatic carbocycles. The number of non-ortho nitro benzene ring substituents is 1. The van der Waals surface area contributed by atoms with Crippen molar-refractivity contribution in [2.24, 2.45) is 5.10 Å². The maximum Gasteiger partial charge on any atom is 0.270 e. The molecule has 0 saturated heterocycles. The summed E-state index contributed by atoms with van der Waals surface area (Å²) < 4.78 is 27.2. The minimum atomic E-state index is -4.07. The Labute approximate surface area is 184 Å². The molecule has 0 saturated carbocycles. The normalized spacial score (nSPS) is 11.6. The van der Waals surface area contributed by atoms with Gasteiger partial charge < -0.3 is 0 Å². The summed E-state index contributed by atoms with van der Waals surface area (Å²) in [5.41, 5.74) is 2.95. The standard InChI is InChI=1S/C21H19N5O5S/c1-16(17-8-7-9-18(14-17)26(28)29)23-24-21(27)15-25(20-12-5-6-13-22-20)32(30,31)19-10-3-2-4-11-19/h2-14H,15H2,1H3,(H,24,27)/b23-16-. The molecular formula is C21H19N5O5S. The molecule has 1 N–H and O–H groups in total. The Hall–Kier alpha value is -4.12. The molecule has 32 heavy (non-hydrogen) atoms. The summed E-state index contributed by atoms with van der Waals surface area (Å²) in [6, 6.07) is 18.2. The third-order valence-electron chi connectivity index (χ3n) is 4.35. The average molecular weight is 453 g/mol. The predicted octanol–water partition coefficient (Wildman–Crippen LogP) is 2.73. The van der Waals surface area contributed by atoms with Gasteiger partial charge in [0.2, 0.25) is 0 Å². The van der Waals surface area contributed by atoms with Gasteiger partial charge in [-0.1, -0.05) is 36.4 Å². The van der Waals surface area contributed by atoms with E-state index >= 15 is 0 Å². The highest BCUT2D eigenvalue weighted by molar-refractivity contribution is 7.92. The lowest BCUT2D eigenvalue weighted by Gasteiger charge is -2.22. The number of nitro groups is 1. The molecule has 3 rings (SSSR count). The van der Waals surface area contributed by atoms with Crippen LogP contribution in [-0.2, 0) is 14.8 Å². The van der Waals surface area contributed by atoms with Crippen molar-refractivity contribution in [1.29, 1.82) is 0 Å². The predicted molar refractivity (Wildman–Crippen MR) is 119 cm³/mol. The molecule has 1 aromatic heterocycles. The summed E-state index contributed by atoms with van der Waals surface area (Å²) in [6.07, 6.45) is 1.42. The molecule has 3 aromatic rings. The number of nitro benzene ring substituents is 1. The second-order valence-electron chi connectivity index (χ2n) is 6.55. The molecule has 0 radical (unpaired) electrons. The number of hydrogen-bond donors (Lipinski definition) is 1. The zero-order chi connectivity index (χ0) is 23.1. The van der Waals surface area contributed by atoms with Crippen LogP contribution in [-0.4, -0.2) is 36.5 Å². The molecule has 10 nitrogen and oxygen atoms in total. The van der Waals surface area contributed by atoms with E-state index in [2.05, 4.69) is 15.5 Å². The summed E-state index contributed by atoms with van der Waals surface area (Å²) in [4.78, 5) is 27.0. The fourth-order valence-electron chi connectivity index (χ4n) is 2.73. The number of hydrazone groups is 1. The number of rotatable bonds is 8. The third-order valence-corrected chi connectivity index (χ3v) is 6.11. The van der Waals surface area contributed by atoms with Gasteiger partial charge in [-0.05, 0) is 31.2 Å². The van der Waals surface area contributed by atoms with Crippen molar-refractivity contribution in [1.82, 2.24) is 10.4 Å². The number of anilines is 1. The second-order valence-corrected chi connectivity index (χ2v) is 8.41. The van der Waals surface area contributed by atoms with Crippen molar-refractivity contribution in [2.45, 2.75) is 11.8 Å². The fraction of sp³-hybridized carbons (Fsp3) is 0.0952. The van der Waals surface area contributed by atoms with E-state index in [0.29, 0.717) is 11.3 Å². The van der Waals surface area contributed by atoms with Crippen molar-refractivity contribution >= 4 is 33.1 Å². The van der Waals surface area contributed by atoms with Crippen LogP contribution in [0.5, 0.6) is 0 Å². The summed E-state index contributed by atoms with van der Waals surface area (Å²) in [5, 5.41) is 14.9. The van der Waals surface area contributed by atoms with Gasteiger partial charge in [0.05, 0.1) is 15.5 Å². The minimum Gasteiger partial charge on any atom is -0.271 e. The molecule has 164 valence electrons. The topological polar surface area (TPSA) is 135 Å². The number of sulfonamides is 1. The molecule has 0 aliphatic carbocycles. The maximum atomic E-state index is 13.1. The van der Waals surface area contributed by atoms with Crippen molar-refractivity contribution in [3.05, 3.63) is 94.7 Å². The highest BCUT2D eigenvalue weighted by Gasteiger charge is 2.27. The van der Waals surface area contributed by atoms with E-state index in [1.54, 1.807) is 43.3 Å². The number of benzene rings is 2. The summed E-state index contributed by atoms with van der Waals surface area (Å²) in [7, 11) is -4.07. The van der Waals surface area contributed by atoms with Crippen LogP contribution < -0.4 is 9.73 Å². The number of carbonyl (C=O) groups is 1. The van der Waals surface area contributed by atoms with Crippen molar-refractivity contribution in [2.75, 3.05) is 10.8 Å². The van der Waals surface area contributed by atoms with Gasteiger partial charge in [-0.25, -0.2) is 23.1 Å². The highest BCUT2D eigenvalue weighted by atomic mass is 32.2. The lowest BCUT2D eigenvalue weighted by molar-refractivity contribution is -0.384. The lowest BCUT2D eigenvalue weighted by Crippen LogP contribution is -2.40. The maximum absolute atomic E-state index is 13.1. The van der Waals surface area contributed by atoms with Crippen LogP contribution in [0.3, 0.4) is 0 Å². The van der Waals surface area contributed by atoms with Crippen molar-refractivity contribution in [3.63, 3.8) is 0 Å². The molecule has 0 atom stereocenters. The number of nitrogens with zero attached hydrogens (tertiary/aromatic N) is 4. The second kappa shape index (κ2) is 9.79. The van der Waals surface area contributed by atoms with Crippen LogP contribution in [0.4, 0.5) is 11.5 Å². The number of amides is 1. The number of carbonyl (C=O) groups excluding carboxylic acids is 1. The first-order valence-corrected chi connectivity index (χ1v) is 10.8. The first-order valence-electron chi connectivity index (χ1n) is 9.36. The lowest BCUT2D eigenvalue weighted by atomic mass is 10.1. The Morgan fingerprint density at radius 1 is 1.09 bits per heavy atom. The molecular weight excluding hydrogens is 434 g/mol. The molecule has 0 spiro atoms. The molecule has 0 unspecified atom stereocenters. The third kappa shape index (κ3) is 5.32. The van der Waals surface area contributed by atoms with Gasteiger partial charge in [-0.15, -0.1) is 0 Å². The van der Waals surface area contributed by atoms with Gasteiger partial charge in [0.25, 0.3) is 21.6 Å². The minimum absolute atomic E-state index is 0.00901. The van der Waals surface area contributed by atoms with E-state index in [-0.39, 0.29) is 16.4 Å². The Bertz CT molecular complexity index is 1250. The Balaban J connectivity index is 1.83. The number of hydrogen-bond acceptors (Lipinski definition) is 7. The largest absolute Gasteiger partial charge is 0.271 e. The first-order chi connectivity index (χ1) is 15.3. The van der Waals surface area contributed by atoms with Crippen LogP contribution in [0, 0.1) is 10.1 Å². The molecule has 1 amide bonds. The smallest absolute Gasteiger partial charge is 0.270 e. The molecule has 0 fully saturated rings. The van der Waals surface area contributed by atoms with Gasteiger partial charge in [-0.3, -0.25) is 14.9 Å². The summed E-state index contributed by atoms with van der Waals surface area (Å²) >= 11 is 0. The van der Waals surface area contributed by atoms with E-state index in [9.17, 15) is 23.3 Å². The zero-order valence-corrected chi connectivity index (χ0v) is 17.8. The number of nitrogens with one attached hydrogen (secondary N) is 1. The fourth-order valence-corrected chi connectivity index (χ4v) is 4.13. The van der Waals surface area contributed by atoms with Crippen LogP contribution in [0.2, 0.25) is 0 Å². The Morgan fingerprint density at radius 2 is 1.81 bits per heavy atom. The zero-order valence-electron chi connectivity index (χ0n) is 17.0. The van der Waals surface area contributed by atoms with Gasteiger partial charge in [0.15, 0.2) is 0 Å². The van der Waals surface area contributed by atoms with Crippen molar-refractivity contribution < 1.29 is 18.1 Å². The van der Waals surface area contributed by atoms with E-state index in [1.807, 2.05) is 0 Å². The van der Waals surface area contributed by atoms with E-state index in [1.165, 1.54) is 42.6 Å². The quantitative estimate of drug-likeness (QED) is 0.316. The molecule has 0 aliphatic rings. The van der Waals surface area contributed by atoms with E-state index in [4.69, 9.17) is 0 Å². The van der Waals surface area contributed by atoms with Crippen LogP contribution in [0.15, 0.2) is 89.0 Å².